The summed E-state index contributed by atoms with van der Waals surface area (Å²) in [5.41, 5.74) is 4.61. The van der Waals surface area contributed by atoms with E-state index in [-0.39, 0.29) is 5.78 Å². The van der Waals surface area contributed by atoms with Crippen molar-refractivity contribution in [3.63, 3.8) is 0 Å². The largest absolute Gasteiger partial charge is 0.367 e. The van der Waals surface area contributed by atoms with E-state index in [4.69, 9.17) is 0 Å². The Labute approximate surface area is 143 Å². The molecule has 0 aliphatic carbocycles. The van der Waals surface area contributed by atoms with Crippen molar-refractivity contribution in [3.8, 4) is 0 Å². The summed E-state index contributed by atoms with van der Waals surface area (Å²) in [6.07, 6.45) is 2.78. The number of benzene rings is 2. The molecular formula is C21H24N2O. The smallest absolute Gasteiger partial charge is 0.167 e. The fourth-order valence-electron chi connectivity index (χ4n) is 4.03. The maximum absolute atomic E-state index is 12.6. The van der Waals surface area contributed by atoms with E-state index in [0.717, 1.165) is 30.6 Å². The fourth-order valence-corrected chi connectivity index (χ4v) is 4.03. The van der Waals surface area contributed by atoms with Crippen molar-refractivity contribution < 1.29 is 4.79 Å². The number of likely N-dealkylation sites (N-methyl/N-ethyl adjacent to an activating group) is 1. The summed E-state index contributed by atoms with van der Waals surface area (Å²) in [6, 6.07) is 16.9. The molecule has 0 radical (unpaired) electrons. The van der Waals surface area contributed by atoms with Crippen LogP contribution >= 0.6 is 0 Å². The lowest BCUT2D eigenvalue weighted by Crippen LogP contribution is -2.35. The van der Waals surface area contributed by atoms with E-state index >= 15 is 0 Å². The molecule has 24 heavy (non-hydrogen) atoms. The van der Waals surface area contributed by atoms with Gasteiger partial charge in [-0.2, -0.15) is 0 Å². The molecule has 2 aromatic rings. The van der Waals surface area contributed by atoms with Gasteiger partial charge in [-0.05, 0) is 55.8 Å². The normalized spacial score (nSPS) is 20.4. The molecule has 1 atom stereocenters. The van der Waals surface area contributed by atoms with Crippen LogP contribution in [0.2, 0.25) is 0 Å². The van der Waals surface area contributed by atoms with Crippen LogP contribution in [0.1, 0.15) is 27.9 Å². The number of hydrogen-bond acceptors (Lipinski definition) is 3. The van der Waals surface area contributed by atoms with Crippen LogP contribution in [0.3, 0.4) is 0 Å². The third-order valence-electron chi connectivity index (χ3n) is 5.35. The van der Waals surface area contributed by atoms with Crippen LogP contribution in [0.15, 0.2) is 48.5 Å². The van der Waals surface area contributed by atoms with Crippen molar-refractivity contribution in [2.45, 2.75) is 25.3 Å². The van der Waals surface area contributed by atoms with Crippen LogP contribution in [0.5, 0.6) is 0 Å². The van der Waals surface area contributed by atoms with Crippen molar-refractivity contribution in [1.82, 2.24) is 4.90 Å². The van der Waals surface area contributed by atoms with Crippen molar-refractivity contribution in [1.29, 1.82) is 0 Å². The maximum atomic E-state index is 12.6. The zero-order valence-corrected chi connectivity index (χ0v) is 14.2. The minimum absolute atomic E-state index is 0.211. The lowest BCUT2D eigenvalue weighted by Gasteiger charge is -2.27. The number of ketones is 1. The van der Waals surface area contributed by atoms with Gasteiger partial charge in [0, 0.05) is 36.8 Å². The third-order valence-corrected chi connectivity index (χ3v) is 5.35. The van der Waals surface area contributed by atoms with Gasteiger partial charge in [0.1, 0.15) is 0 Å². The van der Waals surface area contributed by atoms with Crippen LogP contribution in [0.4, 0.5) is 5.69 Å². The molecule has 0 bridgehead atoms. The molecule has 124 valence electrons. The van der Waals surface area contributed by atoms with Gasteiger partial charge in [0.2, 0.25) is 0 Å². The van der Waals surface area contributed by atoms with Gasteiger partial charge >= 0.3 is 0 Å². The van der Waals surface area contributed by atoms with Gasteiger partial charge in [0.25, 0.3) is 0 Å². The molecule has 2 heterocycles. The minimum Gasteiger partial charge on any atom is -0.367 e. The van der Waals surface area contributed by atoms with E-state index < -0.39 is 0 Å². The molecular weight excluding hydrogens is 296 g/mol. The van der Waals surface area contributed by atoms with Crippen LogP contribution in [0, 0.1) is 0 Å². The van der Waals surface area contributed by atoms with Gasteiger partial charge in [-0.25, -0.2) is 0 Å². The summed E-state index contributed by atoms with van der Waals surface area (Å²) in [5.74, 6) is 0.211. The number of hydrogen-bond donors (Lipinski definition) is 0. The predicted octanol–water partition coefficient (Wildman–Crippen LogP) is 3.18. The third kappa shape index (κ3) is 2.96. The first-order chi connectivity index (χ1) is 11.7. The number of rotatable bonds is 4. The summed E-state index contributed by atoms with van der Waals surface area (Å²) in [4.78, 5) is 17.5. The number of fused-ring (bicyclic) bond motifs is 1. The number of anilines is 1. The standard InChI is InChI=1S/C21H24N2O/c1-22-11-10-19(15-22)23-12-9-17-14-18(7-8-20(17)23)21(24)13-16-5-3-2-4-6-16/h2-8,14,19H,9-13,15H2,1H3. The molecule has 0 N–H and O–H groups in total. The Bertz CT molecular complexity index is 741. The maximum Gasteiger partial charge on any atom is 0.167 e. The second kappa shape index (κ2) is 6.40. The van der Waals surface area contributed by atoms with Crippen molar-refractivity contribution in [3.05, 3.63) is 65.2 Å². The first-order valence-corrected chi connectivity index (χ1v) is 8.86. The van der Waals surface area contributed by atoms with Crippen LogP contribution in [-0.2, 0) is 12.8 Å². The second-order valence-corrected chi connectivity index (χ2v) is 7.08. The number of likely N-dealkylation sites (tertiary alicyclic amines) is 1. The topological polar surface area (TPSA) is 23.6 Å². The predicted molar refractivity (Wildman–Crippen MR) is 97.9 cm³/mol. The zero-order chi connectivity index (χ0) is 16.5. The van der Waals surface area contributed by atoms with Crippen molar-refractivity contribution in [2.24, 2.45) is 0 Å². The van der Waals surface area contributed by atoms with E-state index in [0.29, 0.717) is 12.5 Å². The van der Waals surface area contributed by atoms with Crippen LogP contribution in [0.25, 0.3) is 0 Å². The van der Waals surface area contributed by atoms with E-state index in [1.54, 1.807) is 0 Å². The number of carbonyl (C=O) groups excluding carboxylic acids is 1. The Morgan fingerprint density at radius 1 is 1.12 bits per heavy atom. The fraction of sp³-hybridized carbons (Fsp3) is 0.381. The number of nitrogens with zero attached hydrogens (tertiary/aromatic N) is 2. The van der Waals surface area contributed by atoms with Crippen LogP contribution < -0.4 is 4.90 Å². The minimum atomic E-state index is 0.211. The average Bonchev–Trinajstić information content (AvgIpc) is 3.21. The monoisotopic (exact) mass is 320 g/mol. The number of carbonyl (C=O) groups is 1. The van der Waals surface area contributed by atoms with Gasteiger partial charge in [0.05, 0.1) is 0 Å². The molecule has 2 aromatic carbocycles. The summed E-state index contributed by atoms with van der Waals surface area (Å²) in [7, 11) is 2.20. The Hall–Kier alpha value is -2.13. The molecule has 1 unspecified atom stereocenters. The van der Waals surface area contributed by atoms with Gasteiger partial charge in [0.15, 0.2) is 5.78 Å². The van der Waals surface area contributed by atoms with E-state index in [1.807, 2.05) is 36.4 Å². The molecule has 0 saturated carbocycles. The van der Waals surface area contributed by atoms with Gasteiger partial charge in [-0.15, -0.1) is 0 Å². The Morgan fingerprint density at radius 3 is 2.71 bits per heavy atom. The first kappa shape index (κ1) is 15.4. The molecule has 0 aromatic heterocycles. The zero-order valence-electron chi connectivity index (χ0n) is 14.2. The lowest BCUT2D eigenvalue weighted by atomic mass is 10.00. The summed E-state index contributed by atoms with van der Waals surface area (Å²) < 4.78 is 0. The number of Topliss-reactive ketones (excluding diaryl/α,β-unsaturated/α-hetero) is 1. The Morgan fingerprint density at radius 2 is 1.96 bits per heavy atom. The highest BCUT2D eigenvalue weighted by molar-refractivity contribution is 5.98. The van der Waals surface area contributed by atoms with Crippen LogP contribution in [-0.4, -0.2) is 43.4 Å². The average molecular weight is 320 g/mol. The van der Waals surface area contributed by atoms with Gasteiger partial charge < -0.3 is 9.80 Å². The molecule has 3 nitrogen and oxygen atoms in total. The second-order valence-electron chi connectivity index (χ2n) is 7.08. The summed E-state index contributed by atoms with van der Waals surface area (Å²) in [5, 5.41) is 0. The van der Waals surface area contributed by atoms with Crippen molar-refractivity contribution >= 4 is 11.5 Å². The Balaban J connectivity index is 1.51. The highest BCUT2D eigenvalue weighted by atomic mass is 16.1. The van der Waals surface area contributed by atoms with E-state index in [1.165, 1.54) is 24.2 Å². The van der Waals surface area contributed by atoms with Gasteiger partial charge in [-0.1, -0.05) is 30.3 Å². The molecule has 1 saturated heterocycles. The first-order valence-electron chi connectivity index (χ1n) is 8.86. The van der Waals surface area contributed by atoms with E-state index in [2.05, 4.69) is 29.0 Å². The van der Waals surface area contributed by atoms with Gasteiger partial charge in [-0.3, -0.25) is 4.79 Å². The SMILES string of the molecule is CN1CCC(N2CCc3cc(C(=O)Cc4ccccc4)ccc32)C1. The molecule has 2 aliphatic heterocycles. The Kier molecular flexibility index (Phi) is 4.11. The molecule has 3 heteroatoms. The highest BCUT2D eigenvalue weighted by Gasteiger charge is 2.30. The molecule has 0 spiro atoms. The quantitative estimate of drug-likeness (QED) is 0.809. The van der Waals surface area contributed by atoms with Crippen molar-refractivity contribution in [2.75, 3.05) is 31.6 Å². The highest BCUT2D eigenvalue weighted by Crippen LogP contribution is 2.33. The summed E-state index contributed by atoms with van der Waals surface area (Å²) >= 11 is 0. The van der Waals surface area contributed by atoms with E-state index in [9.17, 15) is 4.79 Å². The molecule has 4 rings (SSSR count). The lowest BCUT2D eigenvalue weighted by molar-refractivity contribution is 0.0993. The molecule has 1 fully saturated rings. The molecule has 2 aliphatic rings. The summed E-state index contributed by atoms with van der Waals surface area (Å²) in [6.45, 7) is 3.42. The molecule has 0 amide bonds.